The molecule has 1 aliphatic heterocycles. The molecule has 2 aliphatic rings. The van der Waals surface area contributed by atoms with Crippen molar-refractivity contribution in [3.63, 3.8) is 0 Å². The molecule has 1 aliphatic carbocycles. The van der Waals surface area contributed by atoms with Crippen LogP contribution < -0.4 is 0 Å². The summed E-state index contributed by atoms with van der Waals surface area (Å²) < 4.78 is 0. The number of hydrogen-bond donors (Lipinski definition) is 1. The fourth-order valence-corrected chi connectivity index (χ4v) is 3.96. The highest BCUT2D eigenvalue weighted by Crippen LogP contribution is 2.34. The molecule has 26 heavy (non-hydrogen) atoms. The van der Waals surface area contributed by atoms with Crippen molar-refractivity contribution in [3.05, 3.63) is 70.8 Å². The first-order chi connectivity index (χ1) is 12.7. The maximum atomic E-state index is 12.6. The zero-order chi connectivity index (χ0) is 18.1. The van der Waals surface area contributed by atoms with Gasteiger partial charge in [-0.1, -0.05) is 36.4 Å². The highest BCUT2D eigenvalue weighted by molar-refractivity contribution is 5.79. The van der Waals surface area contributed by atoms with Crippen LogP contribution in [0.1, 0.15) is 28.4 Å². The van der Waals surface area contributed by atoms with Gasteiger partial charge in [0.15, 0.2) is 0 Å². The molecule has 0 saturated carbocycles. The fourth-order valence-electron chi connectivity index (χ4n) is 3.96. The van der Waals surface area contributed by atoms with Crippen LogP contribution in [0.3, 0.4) is 0 Å². The second-order valence-electron chi connectivity index (χ2n) is 7.01. The zero-order valence-electron chi connectivity index (χ0n) is 14.5. The third-order valence-corrected chi connectivity index (χ3v) is 5.44. The molecular weight excluding hydrogens is 326 g/mol. The lowest BCUT2D eigenvalue weighted by Crippen LogP contribution is -2.54. The van der Waals surface area contributed by atoms with Gasteiger partial charge in [-0.3, -0.25) is 9.69 Å². The van der Waals surface area contributed by atoms with E-state index in [1.54, 1.807) is 12.1 Å². The SMILES string of the molecule is N#Cc1ccc(CN2CCN([C@@H]3Cc4ccccc4[C@H]3O)CC2=O)cc1. The van der Waals surface area contributed by atoms with Gasteiger partial charge in [0.1, 0.15) is 0 Å². The van der Waals surface area contributed by atoms with E-state index >= 15 is 0 Å². The van der Waals surface area contributed by atoms with Crippen LogP contribution in [0, 0.1) is 11.3 Å². The van der Waals surface area contributed by atoms with E-state index < -0.39 is 6.10 Å². The normalized spacial score (nSPS) is 22.9. The first-order valence-electron chi connectivity index (χ1n) is 8.92. The third kappa shape index (κ3) is 3.10. The van der Waals surface area contributed by atoms with E-state index in [0.29, 0.717) is 25.2 Å². The number of aliphatic hydroxyl groups excluding tert-OH is 1. The Morgan fingerprint density at radius 1 is 1.12 bits per heavy atom. The molecular formula is C21H21N3O2. The van der Waals surface area contributed by atoms with Gasteiger partial charge in [0, 0.05) is 25.7 Å². The Kier molecular flexibility index (Phi) is 4.46. The van der Waals surface area contributed by atoms with E-state index in [1.165, 1.54) is 5.56 Å². The number of fused-ring (bicyclic) bond motifs is 1. The van der Waals surface area contributed by atoms with Crippen LogP contribution >= 0.6 is 0 Å². The van der Waals surface area contributed by atoms with E-state index in [-0.39, 0.29) is 11.9 Å². The van der Waals surface area contributed by atoms with Crippen LogP contribution in [-0.2, 0) is 17.8 Å². The van der Waals surface area contributed by atoms with Gasteiger partial charge in [-0.15, -0.1) is 0 Å². The van der Waals surface area contributed by atoms with Gasteiger partial charge in [-0.05, 0) is 35.2 Å². The number of rotatable bonds is 3. The molecule has 5 heteroatoms. The van der Waals surface area contributed by atoms with Crippen LogP contribution in [0.15, 0.2) is 48.5 Å². The Hall–Kier alpha value is -2.68. The highest BCUT2D eigenvalue weighted by atomic mass is 16.3. The van der Waals surface area contributed by atoms with E-state index in [1.807, 2.05) is 35.2 Å². The lowest BCUT2D eigenvalue weighted by molar-refractivity contribution is -0.138. The maximum absolute atomic E-state index is 12.6. The summed E-state index contributed by atoms with van der Waals surface area (Å²) in [7, 11) is 0. The first-order valence-corrected chi connectivity index (χ1v) is 8.92. The monoisotopic (exact) mass is 347 g/mol. The fraction of sp³-hybridized carbons (Fsp3) is 0.333. The van der Waals surface area contributed by atoms with Crippen LogP contribution in [-0.4, -0.2) is 46.5 Å². The number of carbonyl (C=O) groups excluding carboxylic acids is 1. The molecule has 5 nitrogen and oxygen atoms in total. The number of nitrogens with zero attached hydrogens (tertiary/aromatic N) is 3. The summed E-state index contributed by atoms with van der Waals surface area (Å²) in [6.07, 6.45) is 0.268. The predicted molar refractivity (Wildman–Crippen MR) is 97.0 cm³/mol. The molecule has 2 aromatic carbocycles. The van der Waals surface area contributed by atoms with Crippen LogP contribution in [0.25, 0.3) is 0 Å². The smallest absolute Gasteiger partial charge is 0.237 e. The molecule has 0 aromatic heterocycles. The number of amides is 1. The number of hydrogen-bond acceptors (Lipinski definition) is 4. The lowest BCUT2D eigenvalue weighted by atomic mass is 10.1. The van der Waals surface area contributed by atoms with Crippen molar-refractivity contribution < 1.29 is 9.90 Å². The summed E-state index contributed by atoms with van der Waals surface area (Å²) in [5.41, 5.74) is 3.82. The van der Waals surface area contributed by atoms with Gasteiger partial charge in [0.2, 0.25) is 5.91 Å². The largest absolute Gasteiger partial charge is 0.387 e. The van der Waals surface area contributed by atoms with E-state index in [0.717, 1.165) is 24.1 Å². The number of piperazine rings is 1. The molecule has 2 atom stereocenters. The minimum absolute atomic E-state index is 0.0200. The topological polar surface area (TPSA) is 67.6 Å². The van der Waals surface area contributed by atoms with Crippen molar-refractivity contribution >= 4 is 5.91 Å². The van der Waals surface area contributed by atoms with E-state index in [9.17, 15) is 9.90 Å². The molecule has 1 N–H and O–H groups in total. The first kappa shape index (κ1) is 16.8. The Morgan fingerprint density at radius 3 is 2.58 bits per heavy atom. The third-order valence-electron chi connectivity index (χ3n) is 5.44. The molecule has 4 rings (SSSR count). The Morgan fingerprint density at radius 2 is 1.88 bits per heavy atom. The van der Waals surface area contributed by atoms with Crippen LogP contribution in [0.5, 0.6) is 0 Å². The lowest BCUT2D eigenvalue weighted by Gasteiger charge is -2.38. The zero-order valence-corrected chi connectivity index (χ0v) is 14.5. The predicted octanol–water partition coefficient (Wildman–Crippen LogP) is 1.86. The van der Waals surface area contributed by atoms with Crippen molar-refractivity contribution in [2.24, 2.45) is 0 Å². The Bertz CT molecular complexity index is 856. The van der Waals surface area contributed by atoms with Gasteiger partial charge in [-0.25, -0.2) is 0 Å². The molecule has 1 saturated heterocycles. The molecule has 2 aromatic rings. The van der Waals surface area contributed by atoms with E-state index in [4.69, 9.17) is 5.26 Å². The highest BCUT2D eigenvalue weighted by Gasteiger charge is 2.38. The summed E-state index contributed by atoms with van der Waals surface area (Å²) in [6.45, 7) is 2.31. The summed E-state index contributed by atoms with van der Waals surface area (Å²) in [4.78, 5) is 16.6. The average molecular weight is 347 g/mol. The van der Waals surface area contributed by atoms with Gasteiger partial charge in [0.25, 0.3) is 0 Å². The minimum atomic E-state index is -0.524. The molecule has 132 valence electrons. The number of carbonyl (C=O) groups is 1. The number of benzene rings is 2. The van der Waals surface area contributed by atoms with Gasteiger partial charge >= 0.3 is 0 Å². The van der Waals surface area contributed by atoms with E-state index in [2.05, 4.69) is 17.0 Å². The van der Waals surface area contributed by atoms with Crippen molar-refractivity contribution in [3.8, 4) is 6.07 Å². The van der Waals surface area contributed by atoms with Crippen LogP contribution in [0.4, 0.5) is 0 Å². The quantitative estimate of drug-likeness (QED) is 0.920. The maximum Gasteiger partial charge on any atom is 0.237 e. The second-order valence-corrected chi connectivity index (χ2v) is 7.01. The van der Waals surface area contributed by atoms with Gasteiger partial charge < -0.3 is 10.0 Å². The van der Waals surface area contributed by atoms with Crippen molar-refractivity contribution in [2.45, 2.75) is 25.1 Å². The molecule has 1 heterocycles. The standard InChI is InChI=1S/C21H21N3O2/c22-12-15-5-7-16(8-6-15)13-24-10-9-23(14-20(24)25)19-11-17-3-1-2-4-18(17)21(19)26/h1-8,19,21,26H,9-11,13-14H2/t19-,21-/m1/s1. The summed E-state index contributed by atoms with van der Waals surface area (Å²) in [5.74, 6) is 0.0868. The Labute approximate surface area is 153 Å². The van der Waals surface area contributed by atoms with Gasteiger partial charge in [0.05, 0.1) is 24.3 Å². The molecule has 0 bridgehead atoms. The summed E-state index contributed by atoms with van der Waals surface area (Å²) in [6, 6.07) is 17.4. The van der Waals surface area contributed by atoms with Crippen LogP contribution in [0.2, 0.25) is 0 Å². The molecule has 0 unspecified atom stereocenters. The van der Waals surface area contributed by atoms with Crippen molar-refractivity contribution in [1.82, 2.24) is 9.80 Å². The number of nitriles is 1. The summed E-state index contributed by atoms with van der Waals surface area (Å²) in [5, 5.41) is 19.5. The number of aliphatic hydroxyl groups is 1. The van der Waals surface area contributed by atoms with Crippen molar-refractivity contribution in [1.29, 1.82) is 5.26 Å². The average Bonchev–Trinajstić information content (AvgIpc) is 3.01. The van der Waals surface area contributed by atoms with Crippen molar-refractivity contribution in [2.75, 3.05) is 19.6 Å². The molecule has 0 spiro atoms. The molecule has 0 radical (unpaired) electrons. The minimum Gasteiger partial charge on any atom is -0.387 e. The Balaban J connectivity index is 1.39. The molecule has 1 amide bonds. The van der Waals surface area contributed by atoms with Gasteiger partial charge in [-0.2, -0.15) is 5.26 Å². The molecule has 1 fully saturated rings. The summed E-state index contributed by atoms with van der Waals surface area (Å²) >= 11 is 0. The second kappa shape index (κ2) is 6.91.